The Balaban J connectivity index is 2.14. The Hall–Kier alpha value is 0.200. The van der Waals surface area contributed by atoms with E-state index in [1.807, 2.05) is 0 Å². The Bertz CT molecular complexity index is 297. The summed E-state index contributed by atoms with van der Waals surface area (Å²) in [5.74, 6) is -0.323. The lowest BCUT2D eigenvalue weighted by Crippen LogP contribution is -2.23. The molecule has 0 aromatic heterocycles. The number of hydrogen-bond acceptors (Lipinski definition) is 4. The molecule has 8 heteroatoms. The zero-order valence-corrected chi connectivity index (χ0v) is 11.8. The van der Waals surface area contributed by atoms with Crippen molar-refractivity contribution in [1.29, 1.82) is 0 Å². The number of esters is 1. The highest BCUT2D eigenvalue weighted by Crippen LogP contribution is 2.48. The quantitative estimate of drug-likeness (QED) is 0.602. The van der Waals surface area contributed by atoms with Crippen molar-refractivity contribution in [1.82, 2.24) is 5.09 Å². The average molecular weight is 304 g/mol. The Labute approximate surface area is 111 Å². The minimum Gasteiger partial charge on any atom is -0.462 e. The molecule has 0 amide bonds. The molecule has 1 aliphatic rings. The Morgan fingerprint density at radius 1 is 1.35 bits per heavy atom. The number of nitrogens with one attached hydrogen (secondary N) is 1. The van der Waals surface area contributed by atoms with Crippen LogP contribution < -0.4 is 5.09 Å². The fraction of sp³-hybridized carbons (Fsp3) is 0.889. The third kappa shape index (κ3) is 6.63. The molecule has 100 valence electrons. The standard InChI is InChI=1S/C9H16Cl2NO4P/c10-16-17(11,14)12-7-6-9(13)15-8-4-2-1-3-5-8/h8H,1-7H2,(H,12,14). The average Bonchev–Trinajstić information content (AvgIpc) is 2.30. The van der Waals surface area contributed by atoms with E-state index >= 15 is 0 Å². The third-order valence-corrected chi connectivity index (χ3v) is 4.71. The van der Waals surface area contributed by atoms with Crippen LogP contribution in [0.25, 0.3) is 0 Å². The first-order chi connectivity index (χ1) is 8.03. The molecule has 0 aromatic carbocycles. The topological polar surface area (TPSA) is 64.6 Å². The molecule has 1 rings (SSSR count). The maximum atomic E-state index is 11.4. The summed E-state index contributed by atoms with van der Waals surface area (Å²) >= 11 is 10.2. The number of ether oxygens (including phenoxy) is 1. The van der Waals surface area contributed by atoms with Crippen molar-refractivity contribution < 1.29 is 18.2 Å². The van der Waals surface area contributed by atoms with Crippen LogP contribution in [0, 0.1) is 0 Å². The van der Waals surface area contributed by atoms with E-state index in [-0.39, 0.29) is 25.0 Å². The van der Waals surface area contributed by atoms with Crippen LogP contribution in [-0.4, -0.2) is 18.6 Å². The second-order valence-corrected chi connectivity index (χ2v) is 7.12. The molecule has 0 bridgehead atoms. The first kappa shape index (κ1) is 15.3. The van der Waals surface area contributed by atoms with Crippen LogP contribution in [0.1, 0.15) is 38.5 Å². The van der Waals surface area contributed by atoms with Gasteiger partial charge in [0.15, 0.2) is 0 Å². The van der Waals surface area contributed by atoms with Gasteiger partial charge >= 0.3 is 12.8 Å². The van der Waals surface area contributed by atoms with Gasteiger partial charge in [-0.1, -0.05) is 6.42 Å². The molecule has 1 atom stereocenters. The molecule has 0 spiro atoms. The lowest BCUT2D eigenvalue weighted by Gasteiger charge is -2.21. The minimum atomic E-state index is -3.49. The van der Waals surface area contributed by atoms with Crippen LogP contribution in [0.3, 0.4) is 0 Å². The van der Waals surface area contributed by atoms with Crippen molar-refractivity contribution >= 4 is 35.9 Å². The van der Waals surface area contributed by atoms with Crippen LogP contribution >= 0.6 is 30.0 Å². The van der Waals surface area contributed by atoms with Gasteiger partial charge in [0.1, 0.15) is 6.10 Å². The van der Waals surface area contributed by atoms with Crippen molar-refractivity contribution in [2.75, 3.05) is 6.54 Å². The SMILES string of the molecule is O=C(CCNP(=O)(Cl)OCl)OC1CCCCC1. The zero-order chi connectivity index (χ0) is 12.7. The lowest BCUT2D eigenvalue weighted by molar-refractivity contribution is -0.150. The molecule has 0 saturated heterocycles. The predicted octanol–water partition coefficient (Wildman–Crippen LogP) is 3.36. The largest absolute Gasteiger partial charge is 0.462 e. The summed E-state index contributed by atoms with van der Waals surface area (Å²) in [6.45, 7) is -3.38. The number of rotatable bonds is 6. The number of carbonyl (C=O) groups excluding carboxylic acids is 1. The maximum absolute atomic E-state index is 11.4. The summed E-state index contributed by atoms with van der Waals surface area (Å²) in [6, 6.07) is 0. The molecule has 1 aliphatic carbocycles. The Morgan fingerprint density at radius 2 is 2.00 bits per heavy atom. The molecule has 17 heavy (non-hydrogen) atoms. The molecule has 1 unspecified atom stereocenters. The molecule has 0 aromatic rings. The van der Waals surface area contributed by atoms with Crippen molar-refractivity contribution in [3.63, 3.8) is 0 Å². The van der Waals surface area contributed by atoms with Gasteiger partial charge in [0.2, 0.25) is 0 Å². The second kappa shape index (κ2) is 7.59. The van der Waals surface area contributed by atoms with Crippen molar-refractivity contribution in [3.05, 3.63) is 0 Å². The molecule has 1 saturated carbocycles. The van der Waals surface area contributed by atoms with Crippen molar-refractivity contribution in [2.24, 2.45) is 0 Å². The highest BCUT2D eigenvalue weighted by atomic mass is 35.7. The van der Waals surface area contributed by atoms with Gasteiger partial charge in [-0.05, 0) is 36.9 Å². The molecule has 0 aliphatic heterocycles. The van der Waals surface area contributed by atoms with Gasteiger partial charge in [0, 0.05) is 6.54 Å². The van der Waals surface area contributed by atoms with Gasteiger partial charge in [0.25, 0.3) is 0 Å². The van der Waals surface area contributed by atoms with Crippen molar-refractivity contribution in [3.8, 4) is 0 Å². The highest BCUT2D eigenvalue weighted by Gasteiger charge is 2.20. The molecular weight excluding hydrogens is 288 g/mol. The highest BCUT2D eigenvalue weighted by molar-refractivity contribution is 7.84. The molecule has 1 fully saturated rings. The van der Waals surface area contributed by atoms with E-state index < -0.39 is 6.87 Å². The third-order valence-electron chi connectivity index (χ3n) is 2.57. The lowest BCUT2D eigenvalue weighted by atomic mass is 9.98. The molecular formula is C9H16Cl2NO4P. The maximum Gasteiger partial charge on any atom is 0.376 e. The fourth-order valence-electron chi connectivity index (χ4n) is 1.74. The molecule has 5 nitrogen and oxygen atoms in total. The normalized spacial score (nSPS) is 20.8. The van der Waals surface area contributed by atoms with E-state index in [1.54, 1.807) is 0 Å². The predicted molar refractivity (Wildman–Crippen MR) is 66.0 cm³/mol. The summed E-state index contributed by atoms with van der Waals surface area (Å²) in [6.07, 6.45) is 5.39. The van der Waals surface area contributed by atoms with Crippen LogP contribution in [-0.2, 0) is 18.2 Å². The van der Waals surface area contributed by atoms with E-state index in [9.17, 15) is 9.36 Å². The van der Waals surface area contributed by atoms with E-state index in [0.717, 1.165) is 25.7 Å². The van der Waals surface area contributed by atoms with Crippen LogP contribution in [0.15, 0.2) is 0 Å². The zero-order valence-electron chi connectivity index (χ0n) is 9.36. The van der Waals surface area contributed by atoms with Gasteiger partial charge < -0.3 is 4.74 Å². The summed E-state index contributed by atoms with van der Waals surface area (Å²) in [7, 11) is 0. The van der Waals surface area contributed by atoms with Crippen LogP contribution in [0.4, 0.5) is 0 Å². The number of carbonyl (C=O) groups is 1. The monoisotopic (exact) mass is 303 g/mol. The van der Waals surface area contributed by atoms with Gasteiger partial charge in [-0.15, -0.1) is 0 Å². The Kier molecular flexibility index (Phi) is 6.82. The molecule has 1 N–H and O–H groups in total. The second-order valence-electron chi connectivity index (χ2n) is 3.96. The smallest absolute Gasteiger partial charge is 0.376 e. The van der Waals surface area contributed by atoms with Gasteiger partial charge in [-0.2, -0.15) is 4.08 Å². The molecule has 0 radical (unpaired) electrons. The van der Waals surface area contributed by atoms with E-state index in [2.05, 4.69) is 9.16 Å². The first-order valence-electron chi connectivity index (χ1n) is 5.58. The summed E-state index contributed by atoms with van der Waals surface area (Å²) in [5, 5.41) is 2.34. The first-order valence-corrected chi connectivity index (χ1v) is 8.42. The van der Waals surface area contributed by atoms with E-state index in [0.29, 0.717) is 0 Å². The fourth-order valence-corrected chi connectivity index (χ4v) is 2.57. The van der Waals surface area contributed by atoms with E-state index in [1.165, 1.54) is 6.42 Å². The van der Waals surface area contributed by atoms with Gasteiger partial charge in [0.05, 0.1) is 18.3 Å². The summed E-state index contributed by atoms with van der Waals surface area (Å²) in [5.41, 5.74) is 0. The summed E-state index contributed by atoms with van der Waals surface area (Å²) in [4.78, 5) is 11.4. The van der Waals surface area contributed by atoms with Gasteiger partial charge in [-0.3, -0.25) is 9.36 Å². The van der Waals surface area contributed by atoms with Crippen LogP contribution in [0.5, 0.6) is 0 Å². The van der Waals surface area contributed by atoms with E-state index in [4.69, 9.17) is 27.8 Å². The van der Waals surface area contributed by atoms with Crippen molar-refractivity contribution in [2.45, 2.75) is 44.6 Å². The number of hydrogen-bond donors (Lipinski definition) is 1. The van der Waals surface area contributed by atoms with Crippen LogP contribution in [0.2, 0.25) is 0 Å². The van der Waals surface area contributed by atoms with Gasteiger partial charge in [-0.25, -0.2) is 5.09 Å². The molecule has 0 heterocycles. The number of halogens is 2. The summed E-state index contributed by atoms with van der Waals surface area (Å²) < 4.78 is 20.4. The minimum absolute atomic E-state index is 0.0309. The Morgan fingerprint density at radius 3 is 2.59 bits per heavy atom.